The van der Waals surface area contributed by atoms with Crippen LogP contribution in [0.3, 0.4) is 0 Å². The number of aromatic nitrogens is 2. The highest BCUT2D eigenvalue weighted by Gasteiger charge is 2.53. The van der Waals surface area contributed by atoms with Crippen molar-refractivity contribution in [1.82, 2.24) is 9.78 Å². The van der Waals surface area contributed by atoms with E-state index in [1.807, 2.05) is 55.5 Å². The van der Waals surface area contributed by atoms with Crippen LogP contribution in [0.1, 0.15) is 59.1 Å². The lowest BCUT2D eigenvalue weighted by Gasteiger charge is -2.46. The number of hydrogen-bond acceptors (Lipinski definition) is 7. The lowest BCUT2D eigenvalue weighted by atomic mass is 9.77. The Kier molecular flexibility index (Phi) is 9.15. The Labute approximate surface area is 314 Å². The van der Waals surface area contributed by atoms with Crippen molar-refractivity contribution >= 4 is 69.2 Å². The summed E-state index contributed by atoms with van der Waals surface area (Å²) in [6, 6.07) is 21.1. The maximum atomic E-state index is 14.1. The van der Waals surface area contributed by atoms with Crippen LogP contribution in [0.2, 0.25) is 15.2 Å². The number of para-hydroxylation sites is 1. The molecule has 12 heteroatoms. The molecule has 1 N–H and O–H groups in total. The van der Waals surface area contributed by atoms with E-state index in [-0.39, 0.29) is 33.6 Å². The molecule has 51 heavy (non-hydrogen) atoms. The summed E-state index contributed by atoms with van der Waals surface area (Å²) >= 11 is 20.8. The number of fused-ring (bicyclic) bond motifs is 1. The van der Waals surface area contributed by atoms with E-state index in [1.54, 1.807) is 46.0 Å². The minimum atomic E-state index is -0.992. The van der Waals surface area contributed by atoms with Gasteiger partial charge in [0.1, 0.15) is 28.0 Å². The van der Waals surface area contributed by atoms with Crippen LogP contribution < -0.4 is 14.4 Å². The van der Waals surface area contributed by atoms with Crippen molar-refractivity contribution in [2.75, 3.05) is 12.0 Å². The summed E-state index contributed by atoms with van der Waals surface area (Å²) in [6.45, 7) is 6.18. The molecule has 1 amide bonds. The molecule has 2 aromatic heterocycles. The van der Waals surface area contributed by atoms with Crippen LogP contribution in [0.4, 0.5) is 5.00 Å². The monoisotopic (exact) mass is 756 g/mol. The summed E-state index contributed by atoms with van der Waals surface area (Å²) in [5.41, 5.74) is 4.85. The highest BCUT2D eigenvalue weighted by molar-refractivity contribution is 7.17. The number of rotatable bonds is 8. The van der Waals surface area contributed by atoms with Crippen molar-refractivity contribution in [3.8, 4) is 29.0 Å². The first-order valence-electron chi connectivity index (χ1n) is 16.0. The third kappa shape index (κ3) is 6.17. The third-order valence-corrected chi connectivity index (χ3v) is 11.6. The second-order valence-corrected chi connectivity index (χ2v) is 15.2. The number of aromatic hydroxyl groups is 1. The lowest BCUT2D eigenvalue weighted by Crippen LogP contribution is -2.61. The van der Waals surface area contributed by atoms with Gasteiger partial charge >= 0.3 is 0 Å². The highest BCUT2D eigenvalue weighted by atomic mass is 35.5. The van der Waals surface area contributed by atoms with Crippen LogP contribution in [0.15, 0.2) is 78.4 Å². The largest absolute Gasteiger partial charge is 0.504 e. The Morgan fingerprint density at radius 2 is 1.80 bits per heavy atom. The second kappa shape index (κ2) is 13.4. The molecule has 1 aliphatic heterocycles. The van der Waals surface area contributed by atoms with E-state index in [4.69, 9.17) is 44.3 Å². The Balaban J connectivity index is 1.27. The van der Waals surface area contributed by atoms with Gasteiger partial charge in [-0.25, -0.2) is 4.68 Å². The molecule has 258 valence electrons. The maximum absolute atomic E-state index is 14.1. The van der Waals surface area contributed by atoms with Gasteiger partial charge in [-0.15, -0.1) is 11.3 Å². The Hall–Kier alpha value is -4.72. The van der Waals surface area contributed by atoms with Gasteiger partial charge in [-0.2, -0.15) is 10.4 Å². The van der Waals surface area contributed by atoms with Crippen molar-refractivity contribution in [2.24, 2.45) is 0 Å². The fraction of sp³-hybridized carbons (Fsp3) is 0.205. The van der Waals surface area contributed by atoms with Crippen LogP contribution in [0.5, 0.6) is 17.2 Å². The zero-order valence-corrected chi connectivity index (χ0v) is 31.0. The molecular formula is C39H31Cl3N4O4S. The first-order valence-corrected chi connectivity index (χ1v) is 17.9. The zero-order valence-electron chi connectivity index (χ0n) is 27.9. The highest BCUT2D eigenvalue weighted by Crippen LogP contribution is 2.53. The summed E-state index contributed by atoms with van der Waals surface area (Å²) in [5, 5.41) is 27.7. The molecule has 0 saturated carbocycles. The number of carbonyl (C=O) groups is 1. The minimum Gasteiger partial charge on any atom is -0.504 e. The van der Waals surface area contributed by atoms with Gasteiger partial charge in [0.2, 0.25) is 6.10 Å². The average molecular weight is 758 g/mol. The molecule has 7 rings (SSSR count). The molecular weight excluding hydrogens is 727 g/mol. The number of thiophene rings is 1. The standard InChI is InChI=1S/C39H31Cl3N4O4S/c1-21-26(36(42)46(44-21)25-8-6-5-7-9-25)13-10-22-16-27-28(20-43)38(51-35(27)39(2,3)19-22)45-33(23-11-14-32(49-4)30(47)17-23)34(37(45)48)50-31-15-12-24(40)18-29(31)41/h5-18,33-34,47H,19H2,1-4H3/b13-10+/t33-,34+/m1/s1. The van der Waals surface area contributed by atoms with Crippen LogP contribution in [0.25, 0.3) is 17.8 Å². The molecule has 8 nitrogen and oxygen atoms in total. The van der Waals surface area contributed by atoms with Gasteiger partial charge in [0.25, 0.3) is 5.91 Å². The maximum Gasteiger partial charge on any atom is 0.272 e. The van der Waals surface area contributed by atoms with Gasteiger partial charge in [-0.3, -0.25) is 9.69 Å². The summed E-state index contributed by atoms with van der Waals surface area (Å²) in [4.78, 5) is 16.6. The van der Waals surface area contributed by atoms with E-state index in [2.05, 4.69) is 25.0 Å². The van der Waals surface area contributed by atoms with Crippen molar-refractivity contribution in [3.05, 3.63) is 126 Å². The van der Waals surface area contributed by atoms with Crippen LogP contribution >= 0.6 is 46.1 Å². The molecule has 1 fully saturated rings. The Morgan fingerprint density at radius 1 is 1.06 bits per heavy atom. The predicted octanol–water partition coefficient (Wildman–Crippen LogP) is 10.1. The fourth-order valence-electron chi connectivity index (χ4n) is 6.64. The van der Waals surface area contributed by atoms with E-state index < -0.39 is 12.1 Å². The number of phenolic OH excluding ortho intramolecular Hbond substituents is 1. The van der Waals surface area contributed by atoms with Crippen LogP contribution in [0, 0.1) is 18.3 Å². The van der Waals surface area contributed by atoms with E-state index in [0.29, 0.717) is 32.7 Å². The summed E-state index contributed by atoms with van der Waals surface area (Å²) < 4.78 is 13.2. The number of nitrogens with zero attached hydrogens (tertiary/aromatic N) is 4. The molecule has 0 spiro atoms. The first kappa shape index (κ1) is 34.7. The SMILES string of the molecule is COc1ccc([C@@H]2[C@H](Oc3ccc(Cl)cc3Cl)C(=O)N2c2sc3c(c2C#N)C=C(/C=C/c2c(C)nn(-c4ccccc4)c2Cl)CC3(C)C)cc1O. The number of anilines is 1. The zero-order chi connectivity index (χ0) is 36.2. The second-order valence-electron chi connectivity index (χ2n) is 13.0. The van der Waals surface area contributed by atoms with E-state index in [1.165, 1.54) is 18.4 Å². The molecule has 3 aromatic carbocycles. The molecule has 2 aliphatic rings. The fourth-order valence-corrected chi connectivity index (χ4v) is 8.80. The van der Waals surface area contributed by atoms with Gasteiger partial charge in [-0.05, 0) is 79.1 Å². The molecule has 5 aromatic rings. The number of benzene rings is 3. The molecule has 1 aliphatic carbocycles. The first-order chi connectivity index (χ1) is 24.4. The smallest absolute Gasteiger partial charge is 0.272 e. The van der Waals surface area contributed by atoms with Gasteiger partial charge in [0.05, 0.1) is 29.1 Å². The number of halogens is 3. The van der Waals surface area contributed by atoms with Gasteiger partial charge in [0, 0.05) is 26.4 Å². The van der Waals surface area contributed by atoms with Crippen molar-refractivity contribution < 1.29 is 19.4 Å². The Bertz CT molecular complexity index is 2300. The molecule has 0 unspecified atom stereocenters. The predicted molar refractivity (Wildman–Crippen MR) is 203 cm³/mol. The van der Waals surface area contributed by atoms with E-state index in [9.17, 15) is 15.2 Å². The number of aryl methyl sites for hydroxylation is 1. The number of carbonyl (C=O) groups excluding carboxylic acids is 1. The summed E-state index contributed by atoms with van der Waals surface area (Å²) in [6.07, 6.45) is 5.70. The third-order valence-electron chi connectivity index (χ3n) is 9.10. The van der Waals surface area contributed by atoms with E-state index >= 15 is 0 Å². The van der Waals surface area contributed by atoms with Crippen molar-refractivity contribution in [3.63, 3.8) is 0 Å². The number of β-lactam (4-membered cyclic amide) rings is 1. The topological polar surface area (TPSA) is 101 Å². The van der Waals surface area contributed by atoms with Gasteiger partial charge in [0.15, 0.2) is 11.5 Å². The van der Waals surface area contributed by atoms with Crippen LogP contribution in [-0.2, 0) is 10.2 Å². The molecule has 2 atom stereocenters. The number of nitriles is 1. The average Bonchev–Trinajstić information content (AvgIpc) is 3.61. The van der Waals surface area contributed by atoms with E-state index in [0.717, 1.165) is 33.0 Å². The number of methoxy groups -OCH3 is 1. The number of ether oxygens (including phenoxy) is 2. The molecule has 1 saturated heterocycles. The van der Waals surface area contributed by atoms with Crippen molar-refractivity contribution in [1.29, 1.82) is 5.26 Å². The lowest BCUT2D eigenvalue weighted by molar-refractivity contribution is -0.134. The molecule has 3 heterocycles. The van der Waals surface area contributed by atoms with Crippen molar-refractivity contribution in [2.45, 2.75) is 44.8 Å². The quantitative estimate of drug-likeness (QED) is 0.158. The number of allylic oxidation sites excluding steroid dienone is 2. The van der Waals surface area contributed by atoms with Gasteiger partial charge in [-0.1, -0.05) is 79.0 Å². The number of amides is 1. The Morgan fingerprint density at radius 3 is 2.49 bits per heavy atom. The number of phenols is 1. The minimum absolute atomic E-state index is 0.0892. The number of hydrogen-bond donors (Lipinski definition) is 1. The van der Waals surface area contributed by atoms with Gasteiger partial charge < -0.3 is 14.6 Å². The molecule has 0 radical (unpaired) electrons. The summed E-state index contributed by atoms with van der Waals surface area (Å²) in [7, 11) is 1.46. The van der Waals surface area contributed by atoms with Crippen LogP contribution in [-0.4, -0.2) is 34.0 Å². The summed E-state index contributed by atoms with van der Waals surface area (Å²) in [5.74, 6) is 0.139. The normalized spacial score (nSPS) is 17.9. The molecule has 0 bridgehead atoms.